The Bertz CT molecular complexity index is 956. The second-order valence-corrected chi connectivity index (χ2v) is 6.30. The molecule has 0 spiro atoms. The van der Waals surface area contributed by atoms with Crippen molar-refractivity contribution >= 4 is 22.9 Å². The molecule has 148 valence electrons. The van der Waals surface area contributed by atoms with Gasteiger partial charge < -0.3 is 18.8 Å². The summed E-state index contributed by atoms with van der Waals surface area (Å²) in [6, 6.07) is 11.1. The van der Waals surface area contributed by atoms with E-state index in [2.05, 4.69) is 17.2 Å². The molecule has 0 saturated carbocycles. The van der Waals surface area contributed by atoms with Crippen LogP contribution in [-0.4, -0.2) is 36.8 Å². The van der Waals surface area contributed by atoms with Crippen LogP contribution in [0.2, 0.25) is 0 Å². The van der Waals surface area contributed by atoms with Crippen molar-refractivity contribution in [2.75, 3.05) is 26.6 Å². The van der Waals surface area contributed by atoms with Crippen LogP contribution in [0, 0.1) is 0 Å². The fourth-order valence-electron chi connectivity index (χ4n) is 3.10. The van der Waals surface area contributed by atoms with Crippen molar-refractivity contribution in [3.05, 3.63) is 42.0 Å². The average Bonchev–Trinajstić information content (AvgIpc) is 3.07. The van der Waals surface area contributed by atoms with E-state index in [4.69, 9.17) is 14.2 Å². The van der Waals surface area contributed by atoms with E-state index in [0.717, 1.165) is 30.4 Å². The van der Waals surface area contributed by atoms with Crippen LogP contribution >= 0.6 is 0 Å². The summed E-state index contributed by atoms with van der Waals surface area (Å²) in [6.45, 7) is 2.91. The summed E-state index contributed by atoms with van der Waals surface area (Å²) < 4.78 is 18.0. The maximum Gasteiger partial charge on any atom is 0.258 e. The number of unbranched alkanes of at least 4 members (excludes halogenated alkanes) is 1. The molecule has 0 radical (unpaired) electrons. The smallest absolute Gasteiger partial charge is 0.258 e. The second-order valence-electron chi connectivity index (χ2n) is 6.30. The van der Waals surface area contributed by atoms with E-state index in [9.17, 15) is 4.79 Å². The van der Waals surface area contributed by atoms with E-state index >= 15 is 0 Å². The number of hydrogen-bond donors (Lipinski definition) is 1. The van der Waals surface area contributed by atoms with Gasteiger partial charge in [-0.25, -0.2) is 4.98 Å². The lowest BCUT2D eigenvalue weighted by Crippen LogP contribution is -2.16. The zero-order valence-electron chi connectivity index (χ0n) is 16.6. The predicted molar refractivity (Wildman–Crippen MR) is 109 cm³/mol. The summed E-state index contributed by atoms with van der Waals surface area (Å²) in [5, 5.41) is 2.93. The highest BCUT2D eigenvalue weighted by molar-refractivity contribution is 6.05. The second kappa shape index (κ2) is 8.65. The number of hydrogen-bond acceptors (Lipinski definition) is 5. The number of carbonyl (C=O) groups excluding carboxylic acids is 1. The zero-order valence-corrected chi connectivity index (χ0v) is 16.6. The first-order chi connectivity index (χ1) is 13.6. The number of imidazole rings is 1. The van der Waals surface area contributed by atoms with Crippen LogP contribution in [0.3, 0.4) is 0 Å². The van der Waals surface area contributed by atoms with Gasteiger partial charge in [0, 0.05) is 12.1 Å². The number of aryl methyl sites for hydroxylation is 1. The van der Waals surface area contributed by atoms with Crippen LogP contribution in [0.1, 0.15) is 30.1 Å². The van der Waals surface area contributed by atoms with Crippen molar-refractivity contribution in [2.24, 2.45) is 0 Å². The van der Waals surface area contributed by atoms with E-state index in [0.29, 0.717) is 28.8 Å². The Hall–Kier alpha value is -3.22. The molecule has 1 amide bonds. The number of carbonyl (C=O) groups is 1. The maximum atomic E-state index is 12.9. The Morgan fingerprint density at radius 2 is 1.75 bits per heavy atom. The molecule has 0 saturated heterocycles. The average molecular weight is 383 g/mol. The number of para-hydroxylation sites is 2. The van der Waals surface area contributed by atoms with E-state index in [-0.39, 0.29) is 5.91 Å². The molecule has 3 aromatic rings. The van der Waals surface area contributed by atoms with Crippen LogP contribution in [0.5, 0.6) is 17.2 Å². The Balaban J connectivity index is 1.97. The molecular formula is C21H25N3O4. The fourth-order valence-corrected chi connectivity index (χ4v) is 3.10. The molecule has 0 bridgehead atoms. The van der Waals surface area contributed by atoms with Crippen molar-refractivity contribution in [1.82, 2.24) is 9.55 Å². The summed E-state index contributed by atoms with van der Waals surface area (Å²) in [6.07, 6.45) is 2.04. The Labute approximate surface area is 164 Å². The SMILES string of the molecule is CCCCn1c(NC(=O)c2cc(OC)c(OC)c(OC)c2)nc2ccccc21. The molecule has 3 rings (SSSR count). The van der Waals surface area contributed by atoms with E-state index in [1.54, 1.807) is 12.1 Å². The number of methoxy groups -OCH3 is 3. The van der Waals surface area contributed by atoms with Crippen molar-refractivity contribution < 1.29 is 19.0 Å². The molecule has 7 heteroatoms. The summed E-state index contributed by atoms with van der Waals surface area (Å²) in [5.74, 6) is 1.51. The molecule has 0 fully saturated rings. The number of nitrogens with one attached hydrogen (secondary N) is 1. The fraction of sp³-hybridized carbons (Fsp3) is 0.333. The van der Waals surface area contributed by atoms with Crippen molar-refractivity contribution in [3.8, 4) is 17.2 Å². The largest absolute Gasteiger partial charge is 0.493 e. The van der Waals surface area contributed by atoms with Crippen LogP contribution in [0.4, 0.5) is 5.95 Å². The van der Waals surface area contributed by atoms with Gasteiger partial charge in [-0.2, -0.15) is 0 Å². The third kappa shape index (κ3) is 3.74. The standard InChI is InChI=1S/C21H25N3O4/c1-5-6-11-24-16-10-8-7-9-15(16)22-21(24)23-20(25)14-12-17(26-2)19(28-4)18(13-14)27-3/h7-10,12-13H,5-6,11H2,1-4H3,(H,22,23,25). The lowest BCUT2D eigenvalue weighted by molar-refractivity contribution is 0.102. The number of aromatic nitrogens is 2. The van der Waals surface area contributed by atoms with Gasteiger partial charge in [-0.1, -0.05) is 25.5 Å². The maximum absolute atomic E-state index is 12.9. The first kappa shape index (κ1) is 19.5. The lowest BCUT2D eigenvalue weighted by atomic mass is 10.1. The van der Waals surface area contributed by atoms with E-state index < -0.39 is 0 Å². The minimum absolute atomic E-state index is 0.299. The third-order valence-electron chi connectivity index (χ3n) is 4.54. The van der Waals surface area contributed by atoms with Gasteiger partial charge in [0.1, 0.15) is 0 Å². The Kier molecular flexibility index (Phi) is 6.03. The predicted octanol–water partition coefficient (Wildman–Crippen LogP) is 4.11. The summed E-state index contributed by atoms with van der Waals surface area (Å²) in [4.78, 5) is 17.5. The molecule has 0 aliphatic rings. The Morgan fingerprint density at radius 3 is 2.36 bits per heavy atom. The molecule has 0 aliphatic carbocycles. The van der Waals surface area contributed by atoms with Crippen LogP contribution in [-0.2, 0) is 6.54 Å². The van der Waals surface area contributed by atoms with Gasteiger partial charge in [-0.05, 0) is 30.7 Å². The molecule has 0 atom stereocenters. The lowest BCUT2D eigenvalue weighted by Gasteiger charge is -2.14. The minimum Gasteiger partial charge on any atom is -0.493 e. The summed E-state index contributed by atoms with van der Waals surface area (Å²) in [5.41, 5.74) is 2.23. The molecule has 28 heavy (non-hydrogen) atoms. The van der Waals surface area contributed by atoms with Crippen molar-refractivity contribution in [3.63, 3.8) is 0 Å². The quantitative estimate of drug-likeness (QED) is 0.633. The van der Waals surface area contributed by atoms with Gasteiger partial charge in [0.05, 0.1) is 32.4 Å². The third-order valence-corrected chi connectivity index (χ3v) is 4.54. The molecule has 1 heterocycles. The highest BCUT2D eigenvalue weighted by atomic mass is 16.5. The molecule has 1 N–H and O–H groups in total. The molecule has 2 aromatic carbocycles. The van der Waals surface area contributed by atoms with Gasteiger partial charge in [0.2, 0.25) is 11.7 Å². The number of ether oxygens (including phenoxy) is 3. The first-order valence-electron chi connectivity index (χ1n) is 9.19. The van der Waals surface area contributed by atoms with Crippen molar-refractivity contribution in [2.45, 2.75) is 26.3 Å². The highest BCUT2D eigenvalue weighted by Crippen LogP contribution is 2.38. The number of benzene rings is 2. The number of nitrogens with zero attached hydrogens (tertiary/aromatic N) is 2. The topological polar surface area (TPSA) is 74.6 Å². The van der Waals surface area contributed by atoms with Gasteiger partial charge in [-0.15, -0.1) is 0 Å². The number of anilines is 1. The summed E-state index contributed by atoms with van der Waals surface area (Å²) >= 11 is 0. The molecule has 0 unspecified atom stereocenters. The number of rotatable bonds is 8. The first-order valence-corrected chi connectivity index (χ1v) is 9.19. The zero-order chi connectivity index (χ0) is 20.1. The Morgan fingerprint density at radius 1 is 1.07 bits per heavy atom. The summed E-state index contributed by atoms with van der Waals surface area (Å²) in [7, 11) is 4.56. The minimum atomic E-state index is -0.299. The number of amides is 1. The van der Waals surface area contributed by atoms with Crippen LogP contribution in [0.25, 0.3) is 11.0 Å². The van der Waals surface area contributed by atoms with E-state index in [1.807, 2.05) is 28.8 Å². The molecular weight excluding hydrogens is 358 g/mol. The molecule has 0 aliphatic heterocycles. The van der Waals surface area contributed by atoms with Gasteiger partial charge in [-0.3, -0.25) is 10.1 Å². The van der Waals surface area contributed by atoms with Crippen molar-refractivity contribution in [1.29, 1.82) is 0 Å². The van der Waals surface area contributed by atoms with Gasteiger partial charge >= 0.3 is 0 Å². The number of fused-ring (bicyclic) bond motifs is 1. The normalized spacial score (nSPS) is 10.7. The highest BCUT2D eigenvalue weighted by Gasteiger charge is 2.19. The van der Waals surface area contributed by atoms with Gasteiger partial charge in [0.25, 0.3) is 5.91 Å². The van der Waals surface area contributed by atoms with Crippen LogP contribution < -0.4 is 19.5 Å². The molecule has 7 nitrogen and oxygen atoms in total. The van der Waals surface area contributed by atoms with Crippen LogP contribution in [0.15, 0.2) is 36.4 Å². The molecule has 1 aromatic heterocycles. The van der Waals surface area contributed by atoms with E-state index in [1.165, 1.54) is 21.3 Å². The van der Waals surface area contributed by atoms with Gasteiger partial charge in [0.15, 0.2) is 11.5 Å². The monoisotopic (exact) mass is 383 g/mol.